The molecule has 0 saturated heterocycles. The number of benzene rings is 3. The smallest absolute Gasteiger partial charge is 0.249 e. The summed E-state index contributed by atoms with van der Waals surface area (Å²) in [5, 5.41) is 32.2. The summed E-state index contributed by atoms with van der Waals surface area (Å²) in [5.41, 5.74) is 1.33. The lowest BCUT2D eigenvalue weighted by atomic mass is 10.0. The second-order valence-electron chi connectivity index (χ2n) is 11.1. The molecule has 3 aromatic rings. The number of hydrogen-bond acceptors (Lipinski definition) is 8. The number of rotatable bonds is 18. The van der Waals surface area contributed by atoms with E-state index in [0.717, 1.165) is 34.9 Å². The van der Waals surface area contributed by atoms with Crippen LogP contribution in [-0.4, -0.2) is 71.8 Å². The zero-order chi connectivity index (χ0) is 32.6. The third kappa shape index (κ3) is 12.7. The van der Waals surface area contributed by atoms with Crippen LogP contribution in [0.1, 0.15) is 51.5 Å². The number of aliphatic hydroxyl groups is 2. The van der Waals surface area contributed by atoms with Gasteiger partial charge in [-0.1, -0.05) is 55.0 Å². The Kier molecular flexibility index (Phi) is 14.4. The van der Waals surface area contributed by atoms with Crippen LogP contribution in [-0.2, 0) is 25.6 Å². The molecule has 0 aliphatic rings. The summed E-state index contributed by atoms with van der Waals surface area (Å²) in [4.78, 5) is 48.1. The van der Waals surface area contributed by atoms with Gasteiger partial charge in [0.2, 0.25) is 23.6 Å². The summed E-state index contributed by atoms with van der Waals surface area (Å²) in [7, 11) is 0. The molecule has 4 amide bonds. The first-order valence-electron chi connectivity index (χ1n) is 15.3. The molecule has 3 aromatic carbocycles. The van der Waals surface area contributed by atoms with Gasteiger partial charge in [-0.15, -0.1) is 0 Å². The molecule has 0 aliphatic carbocycles. The summed E-state index contributed by atoms with van der Waals surface area (Å²) in [6, 6.07) is 19.9. The third-order valence-electron chi connectivity index (χ3n) is 7.15. The van der Waals surface area contributed by atoms with E-state index < -0.39 is 29.9 Å². The van der Waals surface area contributed by atoms with Gasteiger partial charge in [-0.2, -0.15) is 0 Å². The molecule has 45 heavy (non-hydrogen) atoms. The Bertz CT molecular complexity index is 1410. The Balaban J connectivity index is 1.32. The molecule has 0 fully saturated rings. The number of nitrogens with one attached hydrogen (secondary N) is 4. The first kappa shape index (κ1) is 35.2. The second-order valence-corrected chi connectivity index (χ2v) is 11.1. The highest BCUT2D eigenvalue weighted by atomic mass is 16.5. The van der Waals surface area contributed by atoms with E-state index in [1.807, 2.05) is 49.4 Å². The zero-order valence-electron chi connectivity index (χ0n) is 25.9. The molecule has 0 aromatic heterocycles. The van der Waals surface area contributed by atoms with Crippen molar-refractivity contribution in [3.8, 4) is 5.75 Å². The summed E-state index contributed by atoms with van der Waals surface area (Å²) < 4.78 is 5.87. The molecule has 0 heterocycles. The molecular formula is C34H44N4O7. The standard InChI is InChI=1S/C34H44N4O7/c1-23(35-21-28(41)22-45-31-12-7-10-26-9-4-5-11-29(26)31)8-3-6-13-32(42)37-27-16-14-25(15-17-27)20-30(36-24(2)40)34(44)38-33(43)18-19-39/h4-5,7,9-12,14-17,23,28,30,35,39,41H,3,6,8,13,18-22H2,1-2H3,(H,36,40)(H,37,42)(H,38,43,44)/t23?,28?,30-/m0/s1. The number of carbonyl (C=O) groups is 4. The fraction of sp³-hybridized carbons (Fsp3) is 0.412. The minimum Gasteiger partial charge on any atom is -0.490 e. The van der Waals surface area contributed by atoms with Crippen LogP contribution in [0.3, 0.4) is 0 Å². The SMILES string of the molecule is CC(=O)N[C@@H](Cc1ccc(NC(=O)CCCCC(C)NCC(O)COc2cccc3ccccc23)cc1)C(=O)NC(=O)CCO. The highest BCUT2D eigenvalue weighted by molar-refractivity contribution is 5.99. The van der Waals surface area contributed by atoms with Gasteiger partial charge in [-0.05, 0) is 48.9 Å². The third-order valence-corrected chi connectivity index (χ3v) is 7.15. The minimum absolute atomic E-state index is 0.109. The van der Waals surface area contributed by atoms with Gasteiger partial charge in [0.1, 0.15) is 24.5 Å². The molecule has 0 spiro atoms. The number of aliphatic hydroxyl groups excluding tert-OH is 2. The average Bonchev–Trinajstić information content (AvgIpc) is 3.01. The Labute approximate surface area is 263 Å². The van der Waals surface area contributed by atoms with E-state index in [-0.39, 0.29) is 38.0 Å². The van der Waals surface area contributed by atoms with Crippen molar-refractivity contribution < 1.29 is 34.1 Å². The largest absolute Gasteiger partial charge is 0.490 e. The Hall–Kier alpha value is -4.32. The molecule has 0 aliphatic heterocycles. The molecular weight excluding hydrogens is 576 g/mol. The molecule has 3 atom stereocenters. The fourth-order valence-corrected chi connectivity index (χ4v) is 4.77. The highest BCUT2D eigenvalue weighted by Crippen LogP contribution is 2.25. The van der Waals surface area contributed by atoms with Crippen LogP contribution >= 0.6 is 0 Å². The van der Waals surface area contributed by atoms with Crippen molar-refractivity contribution in [2.75, 3.05) is 25.1 Å². The van der Waals surface area contributed by atoms with Gasteiger partial charge in [-0.25, -0.2) is 0 Å². The molecule has 3 rings (SSSR count). The Morgan fingerprint density at radius 1 is 0.889 bits per heavy atom. The summed E-state index contributed by atoms with van der Waals surface area (Å²) in [6.07, 6.45) is 2.05. The molecule has 11 nitrogen and oxygen atoms in total. The van der Waals surface area contributed by atoms with E-state index in [1.165, 1.54) is 6.92 Å². The van der Waals surface area contributed by atoms with Gasteiger partial charge in [-0.3, -0.25) is 24.5 Å². The predicted octanol–water partition coefficient (Wildman–Crippen LogP) is 2.83. The summed E-state index contributed by atoms with van der Waals surface area (Å²) >= 11 is 0. The van der Waals surface area contributed by atoms with Gasteiger partial charge in [0.05, 0.1) is 13.0 Å². The first-order chi connectivity index (χ1) is 21.6. The van der Waals surface area contributed by atoms with E-state index in [1.54, 1.807) is 24.3 Å². The number of ether oxygens (including phenoxy) is 1. The fourth-order valence-electron chi connectivity index (χ4n) is 4.77. The van der Waals surface area contributed by atoms with Crippen LogP contribution < -0.4 is 26.0 Å². The second kappa shape index (κ2) is 18.5. The van der Waals surface area contributed by atoms with Gasteiger partial charge in [0, 0.05) is 43.4 Å². The lowest BCUT2D eigenvalue weighted by molar-refractivity contribution is -0.134. The predicted molar refractivity (Wildman–Crippen MR) is 173 cm³/mol. The lowest BCUT2D eigenvalue weighted by Gasteiger charge is -2.18. The van der Waals surface area contributed by atoms with Crippen LogP contribution in [0, 0.1) is 0 Å². The van der Waals surface area contributed by atoms with Crippen molar-refractivity contribution in [1.82, 2.24) is 16.0 Å². The average molecular weight is 621 g/mol. The number of imide groups is 1. The molecule has 6 N–H and O–H groups in total. The molecule has 11 heteroatoms. The van der Waals surface area contributed by atoms with E-state index in [9.17, 15) is 24.3 Å². The number of amides is 4. The zero-order valence-corrected chi connectivity index (χ0v) is 25.9. The molecule has 0 bridgehead atoms. The Morgan fingerprint density at radius 2 is 1.62 bits per heavy atom. The number of unbranched alkanes of at least 4 members (excludes halogenated alkanes) is 1. The highest BCUT2D eigenvalue weighted by Gasteiger charge is 2.22. The summed E-state index contributed by atoms with van der Waals surface area (Å²) in [5.74, 6) is -1.06. The van der Waals surface area contributed by atoms with Gasteiger partial charge in [0.15, 0.2) is 0 Å². The van der Waals surface area contributed by atoms with Crippen molar-refractivity contribution in [2.45, 2.75) is 70.6 Å². The quantitative estimate of drug-likeness (QED) is 0.118. The minimum atomic E-state index is -0.964. The molecule has 0 saturated carbocycles. The van der Waals surface area contributed by atoms with Crippen molar-refractivity contribution >= 4 is 40.1 Å². The van der Waals surface area contributed by atoms with Gasteiger partial charge >= 0.3 is 0 Å². The number of carbonyl (C=O) groups excluding carboxylic acids is 4. The molecule has 242 valence electrons. The van der Waals surface area contributed by atoms with Crippen molar-refractivity contribution in [1.29, 1.82) is 0 Å². The molecule has 2 unspecified atom stereocenters. The maximum Gasteiger partial charge on any atom is 0.249 e. The lowest BCUT2D eigenvalue weighted by Crippen LogP contribution is -2.49. The van der Waals surface area contributed by atoms with E-state index in [0.29, 0.717) is 25.1 Å². The topological polar surface area (TPSA) is 166 Å². The van der Waals surface area contributed by atoms with Gasteiger partial charge in [0.25, 0.3) is 0 Å². The van der Waals surface area contributed by atoms with Crippen LogP contribution in [0.4, 0.5) is 5.69 Å². The monoisotopic (exact) mass is 620 g/mol. The number of fused-ring (bicyclic) bond motifs is 1. The number of anilines is 1. The first-order valence-corrected chi connectivity index (χ1v) is 15.3. The maximum absolute atomic E-state index is 12.4. The Morgan fingerprint density at radius 3 is 2.36 bits per heavy atom. The number of hydrogen-bond donors (Lipinski definition) is 6. The van der Waals surface area contributed by atoms with Crippen LogP contribution in [0.15, 0.2) is 66.7 Å². The van der Waals surface area contributed by atoms with E-state index >= 15 is 0 Å². The van der Waals surface area contributed by atoms with E-state index in [2.05, 4.69) is 21.3 Å². The summed E-state index contributed by atoms with van der Waals surface area (Å²) in [6.45, 7) is 3.53. The normalized spacial score (nSPS) is 13.0. The van der Waals surface area contributed by atoms with E-state index in [4.69, 9.17) is 9.84 Å². The van der Waals surface area contributed by atoms with Crippen LogP contribution in [0.5, 0.6) is 5.75 Å². The van der Waals surface area contributed by atoms with Crippen molar-refractivity contribution in [3.05, 3.63) is 72.3 Å². The van der Waals surface area contributed by atoms with Crippen molar-refractivity contribution in [2.24, 2.45) is 0 Å². The van der Waals surface area contributed by atoms with Crippen LogP contribution in [0.25, 0.3) is 10.8 Å². The molecule has 0 radical (unpaired) electrons. The van der Waals surface area contributed by atoms with Gasteiger partial charge < -0.3 is 30.9 Å². The maximum atomic E-state index is 12.4. The van der Waals surface area contributed by atoms with Crippen LogP contribution in [0.2, 0.25) is 0 Å². The van der Waals surface area contributed by atoms with Crippen molar-refractivity contribution in [3.63, 3.8) is 0 Å².